The summed E-state index contributed by atoms with van der Waals surface area (Å²) in [5.74, 6) is -0.0635. The number of fused-ring (bicyclic) bond motifs is 5. The average molecular weight is 731 g/mol. The molecule has 4 fully saturated rings. The maximum Gasteiger partial charge on any atom is 0.410 e. The maximum absolute atomic E-state index is 17.2. The van der Waals surface area contributed by atoms with Crippen molar-refractivity contribution in [2.24, 2.45) is 0 Å². The van der Waals surface area contributed by atoms with Gasteiger partial charge in [-0.25, -0.2) is 9.18 Å². The van der Waals surface area contributed by atoms with E-state index in [1.165, 1.54) is 0 Å². The molecule has 276 valence electrons. The summed E-state index contributed by atoms with van der Waals surface area (Å²) in [5.41, 5.74) is 0.0700. The van der Waals surface area contributed by atoms with Crippen LogP contribution in [-0.2, 0) is 13.8 Å². The molecule has 0 aliphatic carbocycles. The number of ether oxygens (including phenoxy) is 2. The van der Waals surface area contributed by atoms with Crippen LogP contribution in [-0.4, -0.2) is 100 Å². The van der Waals surface area contributed by atoms with Crippen LogP contribution in [0.15, 0.2) is 42.6 Å². The Morgan fingerprint density at radius 3 is 2.44 bits per heavy atom. The van der Waals surface area contributed by atoms with Crippen molar-refractivity contribution in [1.29, 1.82) is 0 Å². The van der Waals surface area contributed by atoms with Crippen molar-refractivity contribution in [1.82, 2.24) is 24.8 Å². The molecule has 2 bridgehead atoms. The van der Waals surface area contributed by atoms with Gasteiger partial charge in [-0.05, 0) is 102 Å². The lowest BCUT2D eigenvalue weighted by molar-refractivity contribution is 0.0122. The number of amides is 1. The molecule has 4 aliphatic heterocycles. The van der Waals surface area contributed by atoms with Crippen molar-refractivity contribution in [2.45, 2.75) is 89.4 Å². The molecule has 1 amide bonds. The largest absolute Gasteiger partial charge is 0.461 e. The van der Waals surface area contributed by atoms with Crippen LogP contribution < -0.4 is 14.9 Å². The molecule has 4 saturated heterocycles. The van der Waals surface area contributed by atoms with E-state index in [1.807, 2.05) is 56.0 Å². The topological polar surface area (TPSA) is 110 Å². The first-order valence-electron chi connectivity index (χ1n) is 18.6. The maximum atomic E-state index is 17.2. The van der Waals surface area contributed by atoms with E-state index >= 15 is 4.39 Å². The highest BCUT2D eigenvalue weighted by molar-refractivity contribution is 7.66. The minimum atomic E-state index is -3.20. The quantitative estimate of drug-likeness (QED) is 0.174. The van der Waals surface area contributed by atoms with Crippen LogP contribution >= 0.6 is 7.37 Å². The first-order valence-corrected chi connectivity index (χ1v) is 20.7. The number of halogens is 1. The average Bonchev–Trinajstić information content (AvgIpc) is 3.77. The van der Waals surface area contributed by atoms with Crippen LogP contribution in [0.4, 0.5) is 15.0 Å². The molecule has 2 aromatic carbocycles. The van der Waals surface area contributed by atoms with Crippen molar-refractivity contribution >= 4 is 46.3 Å². The van der Waals surface area contributed by atoms with Crippen LogP contribution in [0.5, 0.6) is 6.01 Å². The molecule has 0 saturated carbocycles. The smallest absolute Gasteiger partial charge is 0.410 e. The van der Waals surface area contributed by atoms with Crippen LogP contribution in [0.25, 0.3) is 32.9 Å². The zero-order valence-electron chi connectivity index (χ0n) is 30.7. The van der Waals surface area contributed by atoms with Crippen molar-refractivity contribution < 1.29 is 27.7 Å². The fourth-order valence-corrected chi connectivity index (χ4v) is 10.3. The van der Waals surface area contributed by atoms with Gasteiger partial charge in [-0.1, -0.05) is 24.3 Å². The van der Waals surface area contributed by atoms with E-state index in [0.717, 1.165) is 62.4 Å². The molecule has 0 N–H and O–H groups in total. The van der Waals surface area contributed by atoms with Crippen molar-refractivity contribution in [3.05, 3.63) is 48.4 Å². The summed E-state index contributed by atoms with van der Waals surface area (Å²) >= 11 is 0. The van der Waals surface area contributed by atoms with Crippen molar-refractivity contribution in [3.63, 3.8) is 0 Å². The van der Waals surface area contributed by atoms with Crippen LogP contribution in [0.2, 0.25) is 0 Å². The number of carbonyl (C=O) groups excluding carboxylic acids is 1. The Labute approximate surface area is 304 Å². The van der Waals surface area contributed by atoms with Crippen molar-refractivity contribution in [2.75, 3.05) is 51.0 Å². The molecule has 13 heteroatoms. The minimum Gasteiger partial charge on any atom is -0.461 e. The lowest BCUT2D eigenvalue weighted by Gasteiger charge is -2.42. The molecular formula is C39H48FN6O5P. The third-order valence-electron chi connectivity index (χ3n) is 11.3. The molecular weight excluding hydrogens is 682 g/mol. The standard InChI is InChI=1S/C39H48FN6O5P/c1-6-50-52(5,48)28-19-25-11-7-8-12-29(25)30(20-28)33-32(40)34-31(21-41-33)35(43-36(42-34)49-24-39-15-9-17-45(39)18-10-16-39)44-22-26-13-14-27(23-44)46(26)37(47)51-38(2,3)4/h7-8,11-12,19-21,26-27H,6,9-10,13-18,22-24H2,1-5H3. The zero-order valence-corrected chi connectivity index (χ0v) is 31.6. The first kappa shape index (κ1) is 35.2. The second-order valence-electron chi connectivity index (χ2n) is 15.9. The fourth-order valence-electron chi connectivity index (χ4n) is 8.91. The Bertz CT molecular complexity index is 2070. The number of pyridine rings is 1. The molecule has 0 spiro atoms. The Balaban J connectivity index is 1.22. The molecule has 11 nitrogen and oxygen atoms in total. The summed E-state index contributed by atoms with van der Waals surface area (Å²) in [5, 5.41) is 2.54. The van der Waals surface area contributed by atoms with Gasteiger partial charge in [-0.15, -0.1) is 0 Å². The van der Waals surface area contributed by atoms with Gasteiger partial charge in [0.15, 0.2) is 5.82 Å². The number of anilines is 1. The number of carbonyl (C=O) groups is 1. The number of benzene rings is 2. The molecule has 8 rings (SSSR count). The Morgan fingerprint density at radius 2 is 1.75 bits per heavy atom. The van der Waals surface area contributed by atoms with E-state index in [4.69, 9.17) is 28.9 Å². The monoisotopic (exact) mass is 730 g/mol. The molecule has 52 heavy (non-hydrogen) atoms. The number of piperazine rings is 1. The lowest BCUT2D eigenvalue weighted by atomic mass is 9.95. The summed E-state index contributed by atoms with van der Waals surface area (Å²) in [6.45, 7) is 12.9. The Morgan fingerprint density at radius 1 is 1.04 bits per heavy atom. The van der Waals surface area contributed by atoms with E-state index in [2.05, 4.69) is 9.80 Å². The highest BCUT2D eigenvalue weighted by Gasteiger charge is 2.46. The summed E-state index contributed by atoms with van der Waals surface area (Å²) < 4.78 is 48.8. The molecule has 4 aliphatic rings. The summed E-state index contributed by atoms with van der Waals surface area (Å²) in [6.07, 6.45) is 7.38. The van der Waals surface area contributed by atoms with E-state index in [9.17, 15) is 9.36 Å². The minimum absolute atomic E-state index is 0.0490. The van der Waals surface area contributed by atoms with Crippen molar-refractivity contribution in [3.8, 4) is 17.3 Å². The predicted octanol–water partition coefficient (Wildman–Crippen LogP) is 7.15. The normalized spacial score (nSPS) is 22.6. The Kier molecular flexibility index (Phi) is 8.94. The molecule has 0 radical (unpaired) electrons. The van der Waals surface area contributed by atoms with E-state index < -0.39 is 18.8 Å². The highest BCUT2D eigenvalue weighted by atomic mass is 31.2. The van der Waals surface area contributed by atoms with Gasteiger partial charge in [0.05, 0.1) is 29.6 Å². The number of hydrogen-bond acceptors (Lipinski definition) is 10. The second-order valence-corrected chi connectivity index (χ2v) is 18.3. The summed E-state index contributed by atoms with van der Waals surface area (Å²) in [4.78, 5) is 34.2. The van der Waals surface area contributed by atoms with Gasteiger partial charge in [0.25, 0.3) is 0 Å². The van der Waals surface area contributed by atoms with Gasteiger partial charge in [0.2, 0.25) is 7.37 Å². The predicted molar refractivity (Wildman–Crippen MR) is 200 cm³/mol. The molecule has 3 unspecified atom stereocenters. The van der Waals surface area contributed by atoms with Gasteiger partial charge >= 0.3 is 12.1 Å². The highest BCUT2D eigenvalue weighted by Crippen LogP contribution is 2.45. The van der Waals surface area contributed by atoms with Gasteiger partial charge < -0.3 is 18.9 Å². The third-order valence-corrected chi connectivity index (χ3v) is 13.2. The molecule has 3 atom stereocenters. The van der Waals surface area contributed by atoms with Gasteiger partial charge in [0.1, 0.15) is 29.2 Å². The number of hydrogen-bond donors (Lipinski definition) is 0. The second kappa shape index (κ2) is 13.2. The SMILES string of the molecule is CCOP(C)(=O)c1cc(-c2ncc3c(N4CC5CCC(C4)N5C(=O)OC(C)(C)C)nc(OCC45CCCN4CCC5)nc3c2F)c2ccccc2c1. The zero-order chi connectivity index (χ0) is 36.4. The molecule has 4 aromatic rings. The lowest BCUT2D eigenvalue weighted by Crippen LogP contribution is -2.57. The van der Waals surface area contributed by atoms with Crippen LogP contribution in [0.1, 0.15) is 66.2 Å². The number of nitrogens with zero attached hydrogens (tertiary/aromatic N) is 6. The third kappa shape index (κ3) is 6.30. The Hall–Kier alpha value is -3.86. The van der Waals surface area contributed by atoms with Crippen LogP contribution in [0.3, 0.4) is 0 Å². The van der Waals surface area contributed by atoms with Crippen LogP contribution in [0, 0.1) is 5.82 Å². The van der Waals surface area contributed by atoms with E-state index in [1.54, 1.807) is 25.9 Å². The number of rotatable bonds is 8. The van der Waals surface area contributed by atoms with E-state index in [-0.39, 0.29) is 47.5 Å². The summed E-state index contributed by atoms with van der Waals surface area (Å²) in [7, 11) is -3.20. The molecule has 2 aromatic heterocycles. The first-order chi connectivity index (χ1) is 24.9. The fraction of sp³-hybridized carbons (Fsp3) is 0.538. The molecule has 6 heterocycles. The van der Waals surface area contributed by atoms with E-state index in [0.29, 0.717) is 41.8 Å². The van der Waals surface area contributed by atoms with Gasteiger partial charge in [-0.3, -0.25) is 19.3 Å². The number of aromatic nitrogens is 3. The van der Waals surface area contributed by atoms with Gasteiger partial charge in [-0.2, -0.15) is 9.97 Å². The summed E-state index contributed by atoms with van der Waals surface area (Å²) in [6, 6.07) is 11.2. The van der Waals surface area contributed by atoms with Gasteiger partial charge in [0, 0.05) is 36.8 Å².